The smallest absolute Gasteiger partial charge is 0.243 e. The van der Waals surface area contributed by atoms with Gasteiger partial charge in [0.25, 0.3) is 0 Å². The molecular formula is C20H20FN3O3S. The van der Waals surface area contributed by atoms with E-state index in [2.05, 4.69) is 10.1 Å². The van der Waals surface area contributed by atoms with Gasteiger partial charge in [-0.15, -0.1) is 0 Å². The quantitative estimate of drug-likeness (QED) is 0.665. The van der Waals surface area contributed by atoms with E-state index in [0.29, 0.717) is 24.7 Å². The van der Waals surface area contributed by atoms with Crippen molar-refractivity contribution in [1.82, 2.24) is 14.4 Å². The fraction of sp³-hybridized carbons (Fsp3) is 0.300. The average molecular weight is 401 g/mol. The molecule has 8 heteroatoms. The first kappa shape index (κ1) is 18.8. The van der Waals surface area contributed by atoms with E-state index in [4.69, 9.17) is 4.52 Å². The molecule has 0 saturated carbocycles. The summed E-state index contributed by atoms with van der Waals surface area (Å²) in [7, 11) is -3.69. The Bertz CT molecular complexity index is 1080. The Balaban J connectivity index is 1.55. The SMILES string of the molecule is Cc1cccc(-c2noc(C3CCCN(S(=O)(=O)c4ccc(F)cc4)C3)n2)c1. The Hall–Kier alpha value is -2.58. The molecule has 1 aromatic heterocycles. The fourth-order valence-corrected chi connectivity index (χ4v) is 4.94. The summed E-state index contributed by atoms with van der Waals surface area (Å²) < 4.78 is 45.7. The Morgan fingerprint density at radius 2 is 1.96 bits per heavy atom. The number of aryl methyl sites for hydroxylation is 1. The van der Waals surface area contributed by atoms with Gasteiger partial charge >= 0.3 is 0 Å². The van der Waals surface area contributed by atoms with Crippen molar-refractivity contribution in [3.63, 3.8) is 0 Å². The lowest BCUT2D eigenvalue weighted by atomic mass is 10.00. The van der Waals surface area contributed by atoms with E-state index >= 15 is 0 Å². The van der Waals surface area contributed by atoms with Crippen LogP contribution in [-0.2, 0) is 10.0 Å². The number of nitrogens with zero attached hydrogens (tertiary/aromatic N) is 3. The molecule has 1 aliphatic heterocycles. The third-order valence-electron chi connectivity index (χ3n) is 4.90. The number of halogens is 1. The summed E-state index contributed by atoms with van der Waals surface area (Å²) in [5, 5.41) is 4.06. The number of aromatic nitrogens is 2. The van der Waals surface area contributed by atoms with Gasteiger partial charge in [0.2, 0.25) is 21.7 Å². The van der Waals surface area contributed by atoms with E-state index in [1.807, 2.05) is 31.2 Å². The predicted octanol–water partition coefficient (Wildman–Crippen LogP) is 3.75. The topological polar surface area (TPSA) is 76.3 Å². The Labute approximate surface area is 163 Å². The molecule has 0 bridgehead atoms. The third-order valence-corrected chi connectivity index (χ3v) is 6.78. The molecule has 2 aromatic carbocycles. The molecule has 1 atom stereocenters. The minimum atomic E-state index is -3.69. The van der Waals surface area contributed by atoms with Gasteiger partial charge in [-0.05, 0) is 50.1 Å². The molecule has 28 heavy (non-hydrogen) atoms. The second-order valence-electron chi connectivity index (χ2n) is 6.98. The van der Waals surface area contributed by atoms with Crippen molar-refractivity contribution in [1.29, 1.82) is 0 Å². The van der Waals surface area contributed by atoms with Crippen molar-refractivity contribution in [3.8, 4) is 11.4 Å². The van der Waals surface area contributed by atoms with Crippen molar-refractivity contribution in [3.05, 3.63) is 65.8 Å². The molecule has 0 spiro atoms. The molecule has 2 heterocycles. The van der Waals surface area contributed by atoms with E-state index in [-0.39, 0.29) is 17.4 Å². The summed E-state index contributed by atoms with van der Waals surface area (Å²) in [6.07, 6.45) is 1.46. The summed E-state index contributed by atoms with van der Waals surface area (Å²) in [5.74, 6) is 0.299. The van der Waals surface area contributed by atoms with Crippen LogP contribution in [0.3, 0.4) is 0 Å². The molecule has 0 aliphatic carbocycles. The summed E-state index contributed by atoms with van der Waals surface area (Å²) in [6.45, 7) is 2.66. The van der Waals surface area contributed by atoms with Gasteiger partial charge in [0, 0.05) is 18.7 Å². The van der Waals surface area contributed by atoms with Crippen LogP contribution in [-0.4, -0.2) is 36.0 Å². The van der Waals surface area contributed by atoms with Crippen LogP contribution in [0.1, 0.15) is 30.2 Å². The van der Waals surface area contributed by atoms with E-state index < -0.39 is 15.8 Å². The van der Waals surface area contributed by atoms with Gasteiger partial charge in [-0.3, -0.25) is 0 Å². The number of sulfonamides is 1. The maximum absolute atomic E-state index is 13.1. The molecule has 4 rings (SSSR count). The molecule has 0 radical (unpaired) electrons. The largest absolute Gasteiger partial charge is 0.339 e. The lowest BCUT2D eigenvalue weighted by Gasteiger charge is -2.30. The van der Waals surface area contributed by atoms with Gasteiger partial charge in [-0.2, -0.15) is 9.29 Å². The van der Waals surface area contributed by atoms with Crippen LogP contribution in [0.15, 0.2) is 57.9 Å². The highest BCUT2D eigenvalue weighted by Crippen LogP contribution is 2.30. The maximum Gasteiger partial charge on any atom is 0.243 e. The van der Waals surface area contributed by atoms with Crippen molar-refractivity contribution < 1.29 is 17.3 Å². The molecule has 3 aromatic rings. The molecule has 1 saturated heterocycles. The Kier molecular flexibility index (Phi) is 4.99. The number of rotatable bonds is 4. The van der Waals surface area contributed by atoms with Gasteiger partial charge in [0.1, 0.15) is 5.82 Å². The number of hydrogen-bond donors (Lipinski definition) is 0. The fourth-order valence-electron chi connectivity index (χ4n) is 3.42. The number of piperidine rings is 1. The monoisotopic (exact) mass is 401 g/mol. The summed E-state index contributed by atoms with van der Waals surface area (Å²) in [6, 6.07) is 12.7. The Morgan fingerprint density at radius 1 is 1.18 bits per heavy atom. The highest BCUT2D eigenvalue weighted by molar-refractivity contribution is 7.89. The number of hydrogen-bond acceptors (Lipinski definition) is 5. The molecule has 1 unspecified atom stereocenters. The summed E-state index contributed by atoms with van der Waals surface area (Å²) in [5.41, 5.74) is 1.96. The predicted molar refractivity (Wildman–Crippen MR) is 102 cm³/mol. The molecule has 1 aliphatic rings. The van der Waals surface area contributed by atoms with Gasteiger partial charge in [-0.1, -0.05) is 28.9 Å². The van der Waals surface area contributed by atoms with E-state index in [0.717, 1.165) is 29.7 Å². The van der Waals surface area contributed by atoms with Crippen LogP contribution in [0, 0.1) is 12.7 Å². The van der Waals surface area contributed by atoms with Gasteiger partial charge in [0.15, 0.2) is 0 Å². The number of benzene rings is 2. The van der Waals surface area contributed by atoms with Crippen molar-refractivity contribution in [2.75, 3.05) is 13.1 Å². The summed E-state index contributed by atoms with van der Waals surface area (Å²) in [4.78, 5) is 4.58. The first-order valence-electron chi connectivity index (χ1n) is 9.10. The maximum atomic E-state index is 13.1. The highest BCUT2D eigenvalue weighted by Gasteiger charge is 2.33. The highest BCUT2D eigenvalue weighted by atomic mass is 32.2. The molecule has 6 nitrogen and oxygen atoms in total. The minimum Gasteiger partial charge on any atom is -0.339 e. The van der Waals surface area contributed by atoms with Crippen molar-refractivity contribution in [2.45, 2.75) is 30.6 Å². The van der Waals surface area contributed by atoms with Crippen LogP contribution >= 0.6 is 0 Å². The zero-order chi connectivity index (χ0) is 19.7. The zero-order valence-corrected chi connectivity index (χ0v) is 16.2. The normalized spacial score (nSPS) is 18.3. The lowest BCUT2D eigenvalue weighted by Crippen LogP contribution is -2.39. The molecule has 0 N–H and O–H groups in total. The second-order valence-corrected chi connectivity index (χ2v) is 8.92. The van der Waals surface area contributed by atoms with Crippen LogP contribution in [0.5, 0.6) is 0 Å². The van der Waals surface area contributed by atoms with E-state index in [1.165, 1.54) is 16.4 Å². The second kappa shape index (κ2) is 7.44. The van der Waals surface area contributed by atoms with Crippen LogP contribution in [0.25, 0.3) is 11.4 Å². The Morgan fingerprint density at radius 3 is 2.71 bits per heavy atom. The van der Waals surface area contributed by atoms with Crippen molar-refractivity contribution >= 4 is 10.0 Å². The standard InChI is InChI=1S/C20H20FN3O3S/c1-14-4-2-5-15(12-14)19-22-20(27-23-19)16-6-3-11-24(13-16)28(25,26)18-9-7-17(21)8-10-18/h2,4-5,7-10,12,16H,3,6,11,13H2,1H3. The molecule has 146 valence electrons. The van der Waals surface area contributed by atoms with E-state index in [1.54, 1.807) is 0 Å². The van der Waals surface area contributed by atoms with Gasteiger partial charge < -0.3 is 4.52 Å². The molecular weight excluding hydrogens is 381 g/mol. The van der Waals surface area contributed by atoms with E-state index in [9.17, 15) is 12.8 Å². The zero-order valence-electron chi connectivity index (χ0n) is 15.4. The average Bonchev–Trinajstić information content (AvgIpc) is 3.19. The van der Waals surface area contributed by atoms with Crippen LogP contribution in [0.2, 0.25) is 0 Å². The van der Waals surface area contributed by atoms with Gasteiger partial charge in [-0.25, -0.2) is 12.8 Å². The van der Waals surface area contributed by atoms with Gasteiger partial charge in [0.05, 0.1) is 10.8 Å². The first-order valence-corrected chi connectivity index (χ1v) is 10.5. The summed E-state index contributed by atoms with van der Waals surface area (Å²) >= 11 is 0. The first-order chi connectivity index (χ1) is 13.4. The lowest BCUT2D eigenvalue weighted by molar-refractivity contribution is 0.265. The minimum absolute atomic E-state index is 0.0838. The third kappa shape index (κ3) is 3.70. The van der Waals surface area contributed by atoms with Crippen molar-refractivity contribution in [2.24, 2.45) is 0 Å². The van der Waals surface area contributed by atoms with Crippen LogP contribution < -0.4 is 0 Å². The molecule has 0 amide bonds. The van der Waals surface area contributed by atoms with Crippen LogP contribution in [0.4, 0.5) is 4.39 Å². The molecule has 1 fully saturated rings.